The van der Waals surface area contributed by atoms with Gasteiger partial charge in [-0.25, -0.2) is 4.90 Å². The highest BCUT2D eigenvalue weighted by atomic mass is 16.5. The lowest BCUT2D eigenvalue weighted by Crippen LogP contribution is -2.41. The van der Waals surface area contributed by atoms with Crippen LogP contribution >= 0.6 is 0 Å². The van der Waals surface area contributed by atoms with Crippen LogP contribution < -0.4 is 14.4 Å². The molecular formula is C50H56N2O6. The van der Waals surface area contributed by atoms with Crippen molar-refractivity contribution in [2.24, 2.45) is 0 Å². The van der Waals surface area contributed by atoms with E-state index in [1.54, 1.807) is 18.2 Å². The number of rotatable bonds is 14. The number of nitrogens with zero attached hydrogens (tertiary/aromatic N) is 2. The molecule has 1 aliphatic heterocycles. The van der Waals surface area contributed by atoms with Gasteiger partial charge in [0.1, 0.15) is 23.0 Å². The van der Waals surface area contributed by atoms with Crippen molar-refractivity contribution in [1.82, 2.24) is 4.90 Å². The van der Waals surface area contributed by atoms with E-state index in [4.69, 9.17) is 9.47 Å². The molecule has 0 fully saturated rings. The van der Waals surface area contributed by atoms with Gasteiger partial charge in [-0.2, -0.15) is 0 Å². The van der Waals surface area contributed by atoms with Gasteiger partial charge in [0.15, 0.2) is 0 Å². The Hall–Kier alpha value is -6.02. The van der Waals surface area contributed by atoms with E-state index < -0.39 is 0 Å². The second-order valence-corrected chi connectivity index (χ2v) is 16.4. The van der Waals surface area contributed by atoms with E-state index in [0.29, 0.717) is 41.1 Å². The molecule has 5 aromatic rings. The van der Waals surface area contributed by atoms with E-state index in [1.165, 1.54) is 16.0 Å². The van der Waals surface area contributed by atoms with Crippen LogP contribution in [-0.4, -0.2) is 35.1 Å². The van der Waals surface area contributed by atoms with Gasteiger partial charge in [-0.1, -0.05) is 84.0 Å². The van der Waals surface area contributed by atoms with Crippen LogP contribution in [0, 0.1) is 13.8 Å². The predicted molar refractivity (Wildman–Crippen MR) is 231 cm³/mol. The molecule has 6 rings (SSSR count). The van der Waals surface area contributed by atoms with Crippen molar-refractivity contribution in [3.63, 3.8) is 0 Å². The van der Waals surface area contributed by atoms with Gasteiger partial charge in [0.05, 0.1) is 16.8 Å². The summed E-state index contributed by atoms with van der Waals surface area (Å²) in [5.74, 6) is 2.12. The fraction of sp³-hybridized carbons (Fsp3) is 0.320. The molecular weight excluding hydrogens is 725 g/mol. The molecule has 58 heavy (non-hydrogen) atoms. The number of imide groups is 2. The van der Waals surface area contributed by atoms with Crippen molar-refractivity contribution >= 4 is 30.3 Å². The van der Waals surface area contributed by atoms with E-state index in [9.17, 15) is 19.2 Å². The summed E-state index contributed by atoms with van der Waals surface area (Å²) in [6, 6.07) is 35.2. The summed E-state index contributed by atoms with van der Waals surface area (Å²) >= 11 is 0. The first kappa shape index (κ1) is 43.1. The van der Waals surface area contributed by atoms with Gasteiger partial charge in [0.2, 0.25) is 12.8 Å². The Balaban J connectivity index is 0.000000567. The zero-order valence-corrected chi connectivity index (χ0v) is 35.5. The minimum absolute atomic E-state index is 0.0265. The zero-order valence-electron chi connectivity index (χ0n) is 35.5. The summed E-state index contributed by atoms with van der Waals surface area (Å²) < 4.78 is 12.3. The third-order valence-electron chi connectivity index (χ3n) is 12.1. The molecule has 1 heterocycles. The Morgan fingerprint density at radius 2 is 1.05 bits per heavy atom. The highest BCUT2D eigenvalue weighted by molar-refractivity contribution is 6.34. The Labute approximate surface area is 343 Å². The van der Waals surface area contributed by atoms with Crippen LogP contribution in [0.25, 0.3) is 0 Å². The Morgan fingerprint density at radius 1 is 0.552 bits per heavy atom. The second-order valence-electron chi connectivity index (χ2n) is 16.4. The largest absolute Gasteiger partial charge is 0.457 e. The Bertz CT molecular complexity index is 2260. The Morgan fingerprint density at radius 3 is 1.53 bits per heavy atom. The molecule has 0 atom stereocenters. The molecule has 0 spiro atoms. The first-order valence-electron chi connectivity index (χ1n) is 20.0. The van der Waals surface area contributed by atoms with Gasteiger partial charge in [-0.3, -0.25) is 24.1 Å². The number of hydrogen-bond acceptors (Lipinski definition) is 6. The monoisotopic (exact) mass is 780 g/mol. The molecule has 0 aliphatic carbocycles. The third-order valence-corrected chi connectivity index (χ3v) is 12.1. The van der Waals surface area contributed by atoms with Crippen LogP contribution in [0.1, 0.15) is 123 Å². The number of fused-ring (bicyclic) bond motifs is 1. The topological polar surface area (TPSA) is 93.2 Å². The van der Waals surface area contributed by atoms with Crippen molar-refractivity contribution < 1.29 is 28.7 Å². The molecule has 0 saturated carbocycles. The molecule has 0 N–H and O–H groups in total. The van der Waals surface area contributed by atoms with E-state index >= 15 is 0 Å². The molecule has 0 aromatic heterocycles. The standard InChI is InChI=1S/C43H43NO4.C7H13NO2/c1-8-43(7,9-2)32-11-10-12-33(26-32)44-40(45)38-24-23-37(27-39(38)41(44)46)48-35-21-16-31(17-22-35)42(5,6)30-14-19-34(20-15-30)47-36-18-13-28(3)29(4)25-36;1-4-7(2,3)8(5-9)6-10/h10-27H,8-9H2,1-7H3;5-6H,4H2,1-3H3. The van der Waals surface area contributed by atoms with E-state index in [1.807, 2.05) is 69.3 Å². The van der Waals surface area contributed by atoms with Crippen LogP contribution in [0.2, 0.25) is 0 Å². The van der Waals surface area contributed by atoms with Gasteiger partial charge >= 0.3 is 0 Å². The summed E-state index contributed by atoms with van der Waals surface area (Å²) in [6.45, 7) is 20.7. The van der Waals surface area contributed by atoms with Crippen molar-refractivity contribution in [3.05, 3.63) is 148 Å². The minimum atomic E-state index is -0.344. The number of hydrogen-bond donors (Lipinski definition) is 0. The molecule has 0 saturated heterocycles. The summed E-state index contributed by atoms with van der Waals surface area (Å²) in [7, 11) is 0. The SMILES string of the molecule is CCC(C)(C)N(C=O)C=O.CCC(C)(CC)c1cccc(N2C(=O)c3ccc(Oc4ccc(C(C)(C)c5ccc(Oc6ccc(C)c(C)c6)cc5)cc4)cc3C2=O)c1. The molecule has 0 bridgehead atoms. The van der Waals surface area contributed by atoms with Crippen LogP contribution in [0.5, 0.6) is 23.0 Å². The number of amides is 4. The molecule has 0 radical (unpaired) electrons. The average molecular weight is 781 g/mol. The highest BCUT2D eigenvalue weighted by Gasteiger charge is 2.38. The zero-order chi connectivity index (χ0) is 42.4. The lowest BCUT2D eigenvalue weighted by Gasteiger charge is -2.29. The number of carbonyl (C=O) groups excluding carboxylic acids is 4. The molecule has 302 valence electrons. The van der Waals surface area contributed by atoms with Gasteiger partial charge in [0.25, 0.3) is 11.8 Å². The molecule has 8 heteroatoms. The van der Waals surface area contributed by atoms with Gasteiger partial charge in [-0.05, 0) is 147 Å². The second kappa shape index (κ2) is 17.6. The van der Waals surface area contributed by atoms with Crippen molar-refractivity contribution in [2.75, 3.05) is 4.90 Å². The maximum absolute atomic E-state index is 13.6. The summed E-state index contributed by atoms with van der Waals surface area (Å²) in [4.78, 5) is 49.9. The van der Waals surface area contributed by atoms with E-state index in [2.05, 4.69) is 90.9 Å². The highest BCUT2D eigenvalue weighted by Crippen LogP contribution is 2.38. The third kappa shape index (κ3) is 9.07. The molecule has 5 aromatic carbocycles. The maximum Gasteiger partial charge on any atom is 0.266 e. The predicted octanol–water partition coefficient (Wildman–Crippen LogP) is 11.9. The van der Waals surface area contributed by atoms with Crippen LogP contribution in [-0.2, 0) is 20.4 Å². The molecule has 1 aliphatic rings. The number of ether oxygens (including phenoxy) is 2. The van der Waals surface area contributed by atoms with Crippen molar-refractivity contribution in [3.8, 4) is 23.0 Å². The van der Waals surface area contributed by atoms with Gasteiger partial charge < -0.3 is 9.47 Å². The van der Waals surface area contributed by atoms with Crippen LogP contribution in [0.4, 0.5) is 5.69 Å². The number of benzene rings is 5. The van der Waals surface area contributed by atoms with Gasteiger partial charge in [-0.15, -0.1) is 0 Å². The lowest BCUT2D eigenvalue weighted by molar-refractivity contribution is -0.134. The number of aryl methyl sites for hydroxylation is 2. The van der Waals surface area contributed by atoms with E-state index in [-0.39, 0.29) is 28.2 Å². The number of carbonyl (C=O) groups is 4. The number of anilines is 1. The quantitative estimate of drug-likeness (QED) is 0.0823. The first-order chi connectivity index (χ1) is 27.5. The minimum Gasteiger partial charge on any atom is -0.457 e. The lowest BCUT2D eigenvalue weighted by atomic mass is 9.78. The average Bonchev–Trinajstić information content (AvgIpc) is 3.47. The Kier molecular flexibility index (Phi) is 13.1. The van der Waals surface area contributed by atoms with Gasteiger partial charge in [0, 0.05) is 11.0 Å². The van der Waals surface area contributed by atoms with Crippen molar-refractivity contribution in [2.45, 2.75) is 105 Å². The van der Waals surface area contributed by atoms with Crippen LogP contribution in [0.3, 0.4) is 0 Å². The summed E-state index contributed by atoms with van der Waals surface area (Å²) in [6.07, 6.45) is 3.80. The molecule has 0 unspecified atom stereocenters. The fourth-order valence-corrected chi connectivity index (χ4v) is 6.78. The van der Waals surface area contributed by atoms with Crippen LogP contribution in [0.15, 0.2) is 109 Å². The fourth-order valence-electron chi connectivity index (χ4n) is 6.78. The normalized spacial score (nSPS) is 12.7. The molecule has 8 nitrogen and oxygen atoms in total. The maximum atomic E-state index is 13.6. The molecule has 4 amide bonds. The smallest absolute Gasteiger partial charge is 0.266 e. The van der Waals surface area contributed by atoms with Crippen molar-refractivity contribution in [1.29, 1.82) is 0 Å². The summed E-state index contributed by atoms with van der Waals surface area (Å²) in [5, 5.41) is 0. The first-order valence-corrected chi connectivity index (χ1v) is 20.0. The summed E-state index contributed by atoms with van der Waals surface area (Å²) in [5.41, 5.74) is 6.55. The van der Waals surface area contributed by atoms with E-state index in [0.717, 1.165) is 52.4 Å².